The third-order valence-electron chi connectivity index (χ3n) is 2.40. The van der Waals surface area contributed by atoms with Crippen LogP contribution < -0.4 is 5.32 Å². The number of thiophene rings is 1. The largest absolute Gasteiger partial charge is 0.481 e. The molecule has 1 atom stereocenters. The molecule has 1 aromatic heterocycles. The van der Waals surface area contributed by atoms with E-state index in [4.69, 9.17) is 5.11 Å². The van der Waals surface area contributed by atoms with Crippen molar-refractivity contribution in [2.75, 3.05) is 13.1 Å². The lowest BCUT2D eigenvalue weighted by atomic mass is 10.1. The molecule has 90 valence electrons. The number of rotatable bonds is 7. The number of aliphatic carboxylic acids is 1. The summed E-state index contributed by atoms with van der Waals surface area (Å²) in [7, 11) is 0. The van der Waals surface area contributed by atoms with Crippen LogP contribution in [0.25, 0.3) is 0 Å². The van der Waals surface area contributed by atoms with Crippen molar-refractivity contribution in [1.29, 1.82) is 0 Å². The first-order chi connectivity index (χ1) is 7.63. The smallest absolute Gasteiger partial charge is 0.307 e. The van der Waals surface area contributed by atoms with E-state index in [0.29, 0.717) is 13.0 Å². The fraction of sp³-hybridized carbons (Fsp3) is 0.545. The molecule has 0 aromatic carbocycles. The Morgan fingerprint density at radius 1 is 1.69 bits per heavy atom. The van der Waals surface area contributed by atoms with Gasteiger partial charge in [-0.15, -0.1) is 11.3 Å². The van der Waals surface area contributed by atoms with Gasteiger partial charge in [0.1, 0.15) is 0 Å². The Hall–Kier alpha value is -0.390. The predicted octanol–water partition coefficient (Wildman–Crippen LogP) is 2.75. The van der Waals surface area contributed by atoms with Crippen LogP contribution in [0.1, 0.15) is 18.2 Å². The van der Waals surface area contributed by atoms with E-state index in [-0.39, 0.29) is 5.92 Å². The second kappa shape index (κ2) is 7.04. The molecule has 1 heterocycles. The second-order valence-corrected chi connectivity index (χ2v) is 5.54. The monoisotopic (exact) mass is 305 g/mol. The number of halogens is 1. The highest BCUT2D eigenvalue weighted by Gasteiger charge is 2.13. The highest BCUT2D eigenvalue weighted by atomic mass is 79.9. The molecule has 1 rings (SSSR count). The van der Waals surface area contributed by atoms with Crippen LogP contribution in [-0.2, 0) is 11.2 Å². The molecule has 0 saturated carbocycles. The first-order valence-electron chi connectivity index (χ1n) is 5.30. The number of nitrogens with one attached hydrogen (secondary N) is 1. The maximum atomic E-state index is 10.8. The number of carboxylic acid groups (broad SMARTS) is 1. The van der Waals surface area contributed by atoms with Crippen molar-refractivity contribution in [2.24, 2.45) is 5.92 Å². The molecule has 1 unspecified atom stereocenters. The van der Waals surface area contributed by atoms with Crippen LogP contribution >= 0.6 is 27.3 Å². The summed E-state index contributed by atoms with van der Waals surface area (Å²) in [5.74, 6) is -0.982. The molecular formula is C11H16BrNO2S. The van der Waals surface area contributed by atoms with Crippen LogP contribution in [0.15, 0.2) is 15.9 Å². The summed E-state index contributed by atoms with van der Waals surface area (Å²) in [5, 5.41) is 14.1. The van der Waals surface area contributed by atoms with Gasteiger partial charge in [-0.2, -0.15) is 0 Å². The van der Waals surface area contributed by atoms with Crippen molar-refractivity contribution in [1.82, 2.24) is 5.32 Å². The van der Waals surface area contributed by atoms with Gasteiger partial charge in [0.15, 0.2) is 0 Å². The number of carboxylic acids is 1. The second-order valence-electron chi connectivity index (χ2n) is 3.63. The lowest BCUT2D eigenvalue weighted by Crippen LogP contribution is -2.29. The minimum Gasteiger partial charge on any atom is -0.481 e. The van der Waals surface area contributed by atoms with Gasteiger partial charge in [0.05, 0.1) is 5.92 Å². The summed E-state index contributed by atoms with van der Waals surface area (Å²) in [6, 6.07) is 2.10. The standard InChI is InChI=1S/C11H16BrNO2S/c1-2-8(11(14)15)6-13-4-3-10-5-9(12)7-16-10/h5,7-8,13H,2-4,6H2,1H3,(H,14,15). The zero-order valence-electron chi connectivity index (χ0n) is 9.20. The fourth-order valence-corrected chi connectivity index (χ4v) is 2.83. The average Bonchev–Trinajstić information content (AvgIpc) is 2.64. The van der Waals surface area contributed by atoms with E-state index < -0.39 is 5.97 Å². The van der Waals surface area contributed by atoms with Crippen molar-refractivity contribution >= 4 is 33.2 Å². The predicted molar refractivity (Wildman–Crippen MR) is 70.0 cm³/mol. The van der Waals surface area contributed by atoms with Gasteiger partial charge in [-0.05, 0) is 41.4 Å². The van der Waals surface area contributed by atoms with E-state index in [0.717, 1.165) is 17.4 Å². The molecule has 0 radical (unpaired) electrons. The first-order valence-corrected chi connectivity index (χ1v) is 6.97. The highest BCUT2D eigenvalue weighted by Crippen LogP contribution is 2.19. The van der Waals surface area contributed by atoms with Crippen LogP contribution in [-0.4, -0.2) is 24.2 Å². The Balaban J connectivity index is 2.18. The van der Waals surface area contributed by atoms with Crippen molar-refractivity contribution in [2.45, 2.75) is 19.8 Å². The maximum Gasteiger partial charge on any atom is 0.307 e. The molecule has 0 amide bonds. The normalized spacial score (nSPS) is 12.6. The molecule has 0 aliphatic carbocycles. The number of carbonyl (C=O) groups is 1. The molecule has 0 fully saturated rings. The summed E-state index contributed by atoms with van der Waals surface area (Å²) in [6.07, 6.45) is 1.62. The highest BCUT2D eigenvalue weighted by molar-refractivity contribution is 9.10. The Kier molecular flexibility index (Phi) is 6.01. The fourth-order valence-electron chi connectivity index (χ4n) is 1.38. The van der Waals surface area contributed by atoms with Crippen LogP contribution in [0.5, 0.6) is 0 Å². The van der Waals surface area contributed by atoms with Gasteiger partial charge < -0.3 is 10.4 Å². The van der Waals surface area contributed by atoms with Crippen LogP contribution in [0.4, 0.5) is 0 Å². The quantitative estimate of drug-likeness (QED) is 0.762. The molecule has 0 bridgehead atoms. The van der Waals surface area contributed by atoms with Gasteiger partial charge in [0.2, 0.25) is 0 Å². The SMILES string of the molecule is CCC(CNCCc1cc(Br)cs1)C(=O)O. The van der Waals surface area contributed by atoms with Gasteiger partial charge in [-0.1, -0.05) is 6.92 Å². The van der Waals surface area contributed by atoms with Gasteiger partial charge in [-0.3, -0.25) is 4.79 Å². The summed E-state index contributed by atoms with van der Waals surface area (Å²) in [4.78, 5) is 12.1. The van der Waals surface area contributed by atoms with Crippen LogP contribution in [0, 0.1) is 5.92 Å². The van der Waals surface area contributed by atoms with Gasteiger partial charge >= 0.3 is 5.97 Å². The van der Waals surface area contributed by atoms with Crippen molar-refractivity contribution in [3.05, 3.63) is 20.8 Å². The molecular weight excluding hydrogens is 290 g/mol. The van der Waals surface area contributed by atoms with Crippen molar-refractivity contribution < 1.29 is 9.90 Å². The topological polar surface area (TPSA) is 49.3 Å². The van der Waals surface area contributed by atoms with E-state index >= 15 is 0 Å². The maximum absolute atomic E-state index is 10.8. The van der Waals surface area contributed by atoms with Crippen LogP contribution in [0.2, 0.25) is 0 Å². The zero-order valence-corrected chi connectivity index (χ0v) is 11.6. The Bertz CT molecular complexity index is 340. The van der Waals surface area contributed by atoms with E-state index in [2.05, 4.69) is 32.7 Å². The molecule has 0 aliphatic heterocycles. The molecule has 0 saturated heterocycles. The van der Waals surface area contributed by atoms with E-state index in [1.807, 2.05) is 6.92 Å². The van der Waals surface area contributed by atoms with Gasteiger partial charge in [0.25, 0.3) is 0 Å². The van der Waals surface area contributed by atoms with Gasteiger partial charge in [0, 0.05) is 21.3 Å². The Morgan fingerprint density at radius 2 is 2.44 bits per heavy atom. The molecule has 2 N–H and O–H groups in total. The van der Waals surface area contributed by atoms with E-state index in [1.165, 1.54) is 4.88 Å². The number of hydrogen-bond donors (Lipinski definition) is 2. The summed E-state index contributed by atoms with van der Waals surface area (Å²) >= 11 is 5.12. The lowest BCUT2D eigenvalue weighted by Gasteiger charge is -2.10. The van der Waals surface area contributed by atoms with E-state index in [1.54, 1.807) is 11.3 Å². The average molecular weight is 306 g/mol. The van der Waals surface area contributed by atoms with E-state index in [9.17, 15) is 4.79 Å². The molecule has 5 heteroatoms. The molecule has 1 aromatic rings. The minimum atomic E-state index is -0.714. The molecule has 0 aliphatic rings. The molecule has 16 heavy (non-hydrogen) atoms. The lowest BCUT2D eigenvalue weighted by molar-refractivity contribution is -0.141. The number of hydrogen-bond acceptors (Lipinski definition) is 3. The molecule has 0 spiro atoms. The third-order valence-corrected chi connectivity index (χ3v) is 4.16. The first kappa shape index (κ1) is 13.7. The summed E-state index contributed by atoms with van der Waals surface area (Å²) < 4.78 is 1.12. The summed E-state index contributed by atoms with van der Waals surface area (Å²) in [6.45, 7) is 3.28. The van der Waals surface area contributed by atoms with Gasteiger partial charge in [-0.25, -0.2) is 0 Å². The summed E-state index contributed by atoms with van der Waals surface area (Å²) in [5.41, 5.74) is 0. The third kappa shape index (κ3) is 4.63. The zero-order chi connectivity index (χ0) is 12.0. The Labute approximate surface area is 108 Å². The Morgan fingerprint density at radius 3 is 2.94 bits per heavy atom. The van der Waals surface area contributed by atoms with Crippen molar-refractivity contribution in [3.8, 4) is 0 Å². The van der Waals surface area contributed by atoms with Crippen molar-refractivity contribution in [3.63, 3.8) is 0 Å². The minimum absolute atomic E-state index is 0.268. The van der Waals surface area contributed by atoms with Crippen LogP contribution in [0.3, 0.4) is 0 Å². The molecule has 3 nitrogen and oxygen atoms in total.